The number of hydrogen-bond acceptors (Lipinski definition) is 5. The Labute approximate surface area is 87.7 Å². The van der Waals surface area contributed by atoms with E-state index in [1.165, 1.54) is 14.2 Å². The molecule has 1 aliphatic carbocycles. The van der Waals surface area contributed by atoms with Crippen LogP contribution in [0.5, 0.6) is 0 Å². The first-order chi connectivity index (χ1) is 6.94. The number of esters is 2. The minimum absolute atomic E-state index is 0.0435. The van der Waals surface area contributed by atoms with Crippen LogP contribution in [0, 0.1) is 0 Å². The molecule has 0 saturated carbocycles. The minimum atomic E-state index is -1.61. The number of carbonyl (C=O) groups excluding carboxylic acids is 2. The summed E-state index contributed by atoms with van der Waals surface area (Å²) in [5.74, 6) is -1.23. The van der Waals surface area contributed by atoms with Crippen LogP contribution in [0.2, 0.25) is 0 Å². The maximum absolute atomic E-state index is 11.3. The fourth-order valence-corrected chi connectivity index (χ4v) is 1.76. The number of carbonyl (C=O) groups is 2. The first-order valence-corrected chi connectivity index (χ1v) is 4.52. The lowest BCUT2D eigenvalue weighted by Gasteiger charge is -2.19. The Balaban J connectivity index is 2.87. The number of ether oxygens (including phenoxy) is 2. The molecule has 84 valence electrons. The maximum atomic E-state index is 11.3. The van der Waals surface area contributed by atoms with Gasteiger partial charge in [0.15, 0.2) is 5.60 Å². The van der Waals surface area contributed by atoms with E-state index < -0.39 is 17.5 Å². The standard InChI is InChI=1S/C10H14O5/c1-6-4-10(13,9(12)15-3)5-7(6)8(11)14-2/h13H,4-5H2,1-3H3. The van der Waals surface area contributed by atoms with Gasteiger partial charge >= 0.3 is 11.9 Å². The van der Waals surface area contributed by atoms with Crippen LogP contribution >= 0.6 is 0 Å². The van der Waals surface area contributed by atoms with Gasteiger partial charge in [0.2, 0.25) is 0 Å². The van der Waals surface area contributed by atoms with Crippen molar-refractivity contribution in [3.05, 3.63) is 11.1 Å². The lowest BCUT2D eigenvalue weighted by Crippen LogP contribution is -2.37. The lowest BCUT2D eigenvalue weighted by molar-refractivity contribution is -0.161. The molecule has 5 heteroatoms. The Bertz CT molecular complexity index is 331. The Morgan fingerprint density at radius 3 is 2.33 bits per heavy atom. The normalized spacial score (nSPS) is 25.3. The van der Waals surface area contributed by atoms with Crippen molar-refractivity contribution in [3.63, 3.8) is 0 Å². The third-order valence-electron chi connectivity index (χ3n) is 2.54. The second kappa shape index (κ2) is 4.02. The highest BCUT2D eigenvalue weighted by atomic mass is 16.5. The van der Waals surface area contributed by atoms with Gasteiger partial charge < -0.3 is 14.6 Å². The second-order valence-electron chi connectivity index (χ2n) is 3.63. The van der Waals surface area contributed by atoms with Gasteiger partial charge in [-0.15, -0.1) is 0 Å². The molecule has 1 unspecified atom stereocenters. The van der Waals surface area contributed by atoms with Crippen LogP contribution < -0.4 is 0 Å². The summed E-state index contributed by atoms with van der Waals surface area (Å²) < 4.78 is 9.03. The summed E-state index contributed by atoms with van der Waals surface area (Å²) in [5.41, 5.74) is -0.595. The van der Waals surface area contributed by atoms with Crippen LogP contribution in [0.1, 0.15) is 19.8 Å². The van der Waals surface area contributed by atoms with E-state index in [0.717, 1.165) is 0 Å². The zero-order valence-corrected chi connectivity index (χ0v) is 8.99. The van der Waals surface area contributed by atoms with E-state index in [1.54, 1.807) is 6.92 Å². The van der Waals surface area contributed by atoms with Gasteiger partial charge in [-0.2, -0.15) is 0 Å². The summed E-state index contributed by atoms with van der Waals surface area (Å²) in [4.78, 5) is 22.6. The Morgan fingerprint density at radius 2 is 1.87 bits per heavy atom. The molecular weight excluding hydrogens is 200 g/mol. The fraction of sp³-hybridized carbons (Fsp3) is 0.600. The Kier molecular flexibility index (Phi) is 3.14. The molecule has 0 saturated heterocycles. The van der Waals surface area contributed by atoms with E-state index in [2.05, 4.69) is 9.47 Å². The van der Waals surface area contributed by atoms with Crippen molar-refractivity contribution in [2.45, 2.75) is 25.4 Å². The van der Waals surface area contributed by atoms with Gasteiger partial charge in [-0.25, -0.2) is 9.59 Å². The van der Waals surface area contributed by atoms with Gasteiger partial charge in [-0.3, -0.25) is 0 Å². The third kappa shape index (κ3) is 2.02. The quantitative estimate of drug-likeness (QED) is 0.663. The summed E-state index contributed by atoms with van der Waals surface area (Å²) in [5, 5.41) is 9.92. The van der Waals surface area contributed by atoms with Crippen molar-refractivity contribution in [1.82, 2.24) is 0 Å². The van der Waals surface area contributed by atoms with Gasteiger partial charge in [0.25, 0.3) is 0 Å². The number of rotatable bonds is 2. The molecule has 0 fully saturated rings. The summed E-state index contributed by atoms with van der Waals surface area (Å²) in [6.45, 7) is 1.69. The molecule has 1 aliphatic rings. The average Bonchev–Trinajstić information content (AvgIpc) is 2.53. The minimum Gasteiger partial charge on any atom is -0.467 e. The zero-order chi connectivity index (χ0) is 11.6. The predicted octanol–water partition coefficient (Wildman–Crippen LogP) is 0.174. The number of hydrogen-bond donors (Lipinski definition) is 1. The second-order valence-corrected chi connectivity index (χ2v) is 3.63. The first-order valence-electron chi connectivity index (χ1n) is 4.52. The summed E-state index contributed by atoms with van der Waals surface area (Å²) in [7, 11) is 2.46. The number of methoxy groups -OCH3 is 2. The van der Waals surface area contributed by atoms with Crippen molar-refractivity contribution in [2.75, 3.05) is 14.2 Å². The van der Waals surface area contributed by atoms with Gasteiger partial charge in [0.1, 0.15) is 0 Å². The first kappa shape index (κ1) is 11.7. The molecule has 1 atom stereocenters. The van der Waals surface area contributed by atoms with Gasteiger partial charge in [-0.05, 0) is 6.92 Å². The van der Waals surface area contributed by atoms with E-state index in [1.807, 2.05) is 0 Å². The molecule has 0 amide bonds. The highest BCUT2D eigenvalue weighted by Gasteiger charge is 2.45. The van der Waals surface area contributed by atoms with Crippen molar-refractivity contribution >= 4 is 11.9 Å². The third-order valence-corrected chi connectivity index (χ3v) is 2.54. The molecule has 1 rings (SSSR count). The van der Waals surface area contributed by atoms with Crippen LogP contribution in [0.3, 0.4) is 0 Å². The van der Waals surface area contributed by atoms with E-state index in [0.29, 0.717) is 11.1 Å². The Morgan fingerprint density at radius 1 is 1.27 bits per heavy atom. The van der Waals surface area contributed by atoms with E-state index in [4.69, 9.17) is 0 Å². The zero-order valence-electron chi connectivity index (χ0n) is 8.99. The van der Waals surface area contributed by atoms with Gasteiger partial charge in [-0.1, -0.05) is 5.57 Å². The molecule has 0 heterocycles. The molecule has 0 radical (unpaired) electrons. The number of aliphatic hydroxyl groups is 1. The monoisotopic (exact) mass is 214 g/mol. The molecule has 0 aromatic heterocycles. The highest BCUT2D eigenvalue weighted by Crippen LogP contribution is 2.36. The van der Waals surface area contributed by atoms with Crippen molar-refractivity contribution in [3.8, 4) is 0 Å². The van der Waals surface area contributed by atoms with Crippen molar-refractivity contribution in [1.29, 1.82) is 0 Å². The van der Waals surface area contributed by atoms with Crippen LogP contribution in [-0.4, -0.2) is 36.9 Å². The fourth-order valence-electron chi connectivity index (χ4n) is 1.76. The topological polar surface area (TPSA) is 72.8 Å². The van der Waals surface area contributed by atoms with Crippen molar-refractivity contribution in [2.24, 2.45) is 0 Å². The van der Waals surface area contributed by atoms with Crippen LogP contribution in [-0.2, 0) is 19.1 Å². The van der Waals surface area contributed by atoms with Crippen LogP contribution in [0.4, 0.5) is 0 Å². The highest BCUT2D eigenvalue weighted by molar-refractivity contribution is 5.93. The van der Waals surface area contributed by atoms with Gasteiger partial charge in [0.05, 0.1) is 14.2 Å². The predicted molar refractivity (Wildman–Crippen MR) is 50.9 cm³/mol. The van der Waals surface area contributed by atoms with Crippen molar-refractivity contribution < 1.29 is 24.2 Å². The van der Waals surface area contributed by atoms with E-state index in [9.17, 15) is 14.7 Å². The Hall–Kier alpha value is -1.36. The van der Waals surface area contributed by atoms with Crippen LogP contribution in [0.25, 0.3) is 0 Å². The lowest BCUT2D eigenvalue weighted by atomic mass is 9.99. The molecule has 0 bridgehead atoms. The summed E-state index contributed by atoms with van der Waals surface area (Å²) in [6, 6.07) is 0. The average molecular weight is 214 g/mol. The van der Waals surface area contributed by atoms with E-state index in [-0.39, 0.29) is 12.8 Å². The smallest absolute Gasteiger partial charge is 0.338 e. The summed E-state index contributed by atoms with van der Waals surface area (Å²) >= 11 is 0. The molecule has 0 spiro atoms. The van der Waals surface area contributed by atoms with E-state index >= 15 is 0 Å². The molecule has 15 heavy (non-hydrogen) atoms. The SMILES string of the molecule is COC(=O)C1=C(C)CC(O)(C(=O)OC)C1. The summed E-state index contributed by atoms with van der Waals surface area (Å²) in [6.07, 6.45) is 0.0717. The van der Waals surface area contributed by atoms with Crippen LogP contribution in [0.15, 0.2) is 11.1 Å². The molecular formula is C10H14O5. The molecule has 5 nitrogen and oxygen atoms in total. The molecule has 0 aliphatic heterocycles. The van der Waals surface area contributed by atoms with Gasteiger partial charge in [0, 0.05) is 18.4 Å². The largest absolute Gasteiger partial charge is 0.467 e. The molecule has 0 aromatic rings. The molecule has 0 aromatic carbocycles. The molecule has 1 N–H and O–H groups in total. The maximum Gasteiger partial charge on any atom is 0.338 e.